The number of nitrogens with zero attached hydrogens (tertiary/aromatic N) is 2. The number of carbonyl (C=O) groups excluding carboxylic acids is 2. The molecule has 2 aliphatic heterocycles. The maximum absolute atomic E-state index is 13.3. The molecule has 1 unspecified atom stereocenters. The third kappa shape index (κ3) is 3.96. The zero-order chi connectivity index (χ0) is 23.8. The van der Waals surface area contributed by atoms with Crippen molar-refractivity contribution in [3.63, 3.8) is 0 Å². The van der Waals surface area contributed by atoms with E-state index in [2.05, 4.69) is 20.8 Å². The van der Waals surface area contributed by atoms with Crippen molar-refractivity contribution >= 4 is 44.8 Å². The maximum atomic E-state index is 13.3. The lowest BCUT2D eigenvalue weighted by atomic mass is 9.95. The van der Waals surface area contributed by atoms with Gasteiger partial charge in [0.25, 0.3) is 11.7 Å². The summed E-state index contributed by atoms with van der Waals surface area (Å²) in [6.07, 6.45) is 2.32. The van der Waals surface area contributed by atoms with Crippen LogP contribution in [0.4, 0.5) is 11.4 Å². The van der Waals surface area contributed by atoms with Crippen molar-refractivity contribution in [2.24, 2.45) is 0 Å². The number of amides is 1. The van der Waals surface area contributed by atoms with Gasteiger partial charge < -0.3 is 15.1 Å². The predicted molar refractivity (Wildman–Crippen MR) is 135 cm³/mol. The summed E-state index contributed by atoms with van der Waals surface area (Å²) in [5.41, 5.74) is 2.71. The molecule has 6 nitrogen and oxygen atoms in total. The third-order valence-corrected chi connectivity index (χ3v) is 6.90. The Labute approximate surface area is 205 Å². The number of aliphatic hydroxyl groups excluding tert-OH is 1. The second-order valence-corrected chi connectivity index (χ2v) is 9.39. The number of ketones is 1. The van der Waals surface area contributed by atoms with E-state index >= 15 is 0 Å². The van der Waals surface area contributed by atoms with Crippen molar-refractivity contribution < 1.29 is 19.8 Å². The van der Waals surface area contributed by atoms with Gasteiger partial charge in [0.1, 0.15) is 11.5 Å². The van der Waals surface area contributed by atoms with E-state index in [0.717, 1.165) is 36.1 Å². The Morgan fingerprint density at radius 2 is 1.41 bits per heavy atom. The minimum Gasteiger partial charge on any atom is -0.508 e. The van der Waals surface area contributed by atoms with Crippen molar-refractivity contribution in [1.82, 2.24) is 0 Å². The van der Waals surface area contributed by atoms with E-state index in [1.165, 1.54) is 17.0 Å². The number of phenols is 1. The molecular weight excluding hydrogens is 496 g/mol. The first-order valence-electron chi connectivity index (χ1n) is 11.1. The van der Waals surface area contributed by atoms with Gasteiger partial charge in [-0.25, -0.2) is 0 Å². The Morgan fingerprint density at radius 3 is 2.03 bits per heavy atom. The van der Waals surface area contributed by atoms with Gasteiger partial charge in [0.15, 0.2) is 0 Å². The van der Waals surface area contributed by atoms with Gasteiger partial charge in [-0.3, -0.25) is 14.5 Å². The van der Waals surface area contributed by atoms with Crippen LogP contribution < -0.4 is 9.80 Å². The van der Waals surface area contributed by atoms with E-state index in [9.17, 15) is 19.8 Å². The zero-order valence-electron chi connectivity index (χ0n) is 18.3. The number of benzene rings is 3. The van der Waals surface area contributed by atoms with Crippen molar-refractivity contribution in [1.29, 1.82) is 0 Å². The molecule has 1 atom stereocenters. The van der Waals surface area contributed by atoms with E-state index < -0.39 is 17.7 Å². The number of phenolic OH excluding ortho intramolecular Hbond substituents is 1. The van der Waals surface area contributed by atoms with Gasteiger partial charge >= 0.3 is 0 Å². The molecular formula is C27H23BrN2O4. The molecule has 0 aliphatic carbocycles. The number of aromatic hydroxyl groups is 1. The summed E-state index contributed by atoms with van der Waals surface area (Å²) < 4.78 is 0.831. The first-order chi connectivity index (χ1) is 16.4. The fourth-order valence-electron chi connectivity index (χ4n) is 4.63. The minimum atomic E-state index is -0.832. The van der Waals surface area contributed by atoms with Crippen LogP contribution in [-0.2, 0) is 9.59 Å². The summed E-state index contributed by atoms with van der Waals surface area (Å²) in [6, 6.07) is 20.0. The summed E-state index contributed by atoms with van der Waals surface area (Å²) >= 11 is 3.37. The molecule has 3 aromatic rings. The van der Waals surface area contributed by atoms with Gasteiger partial charge in [-0.05, 0) is 66.9 Å². The number of hydrogen-bond donors (Lipinski definition) is 2. The summed E-state index contributed by atoms with van der Waals surface area (Å²) in [5, 5.41) is 20.9. The third-order valence-electron chi connectivity index (χ3n) is 6.37. The molecule has 0 spiro atoms. The molecule has 0 aromatic heterocycles. The SMILES string of the molecule is O=C1C(=O)N(c2ccc(N3CCCC3)cc2)C(c2ccc(O)cc2)/C1=C(\O)c1ccc(Br)cc1. The quantitative estimate of drug-likeness (QED) is 0.275. The Morgan fingerprint density at radius 1 is 0.824 bits per heavy atom. The van der Waals surface area contributed by atoms with Gasteiger partial charge in [0, 0.05) is 34.5 Å². The summed E-state index contributed by atoms with van der Waals surface area (Å²) in [7, 11) is 0. The largest absolute Gasteiger partial charge is 0.508 e. The minimum absolute atomic E-state index is 0.0154. The molecule has 2 fully saturated rings. The summed E-state index contributed by atoms with van der Waals surface area (Å²) in [5.74, 6) is -1.61. The fraction of sp³-hybridized carbons (Fsp3) is 0.185. The summed E-state index contributed by atoms with van der Waals surface area (Å²) in [6.45, 7) is 2.01. The van der Waals surface area contributed by atoms with E-state index in [4.69, 9.17) is 0 Å². The number of anilines is 2. The molecule has 0 bridgehead atoms. The average molecular weight is 519 g/mol. The van der Waals surface area contributed by atoms with Crippen LogP contribution in [0.1, 0.15) is 30.0 Å². The molecule has 172 valence electrons. The van der Waals surface area contributed by atoms with Crippen LogP contribution in [-0.4, -0.2) is 35.0 Å². The molecule has 2 N–H and O–H groups in total. The second kappa shape index (κ2) is 8.99. The summed E-state index contributed by atoms with van der Waals surface area (Å²) in [4.78, 5) is 30.2. The average Bonchev–Trinajstić information content (AvgIpc) is 3.47. The van der Waals surface area contributed by atoms with Gasteiger partial charge in [0.2, 0.25) is 0 Å². The van der Waals surface area contributed by atoms with E-state index in [1.807, 2.05) is 24.3 Å². The topological polar surface area (TPSA) is 81.1 Å². The van der Waals surface area contributed by atoms with Crippen LogP contribution in [0.3, 0.4) is 0 Å². The lowest BCUT2D eigenvalue weighted by Gasteiger charge is -2.26. The van der Waals surface area contributed by atoms with Crippen molar-refractivity contribution in [3.05, 3.63) is 94.0 Å². The number of rotatable bonds is 4. The van der Waals surface area contributed by atoms with Gasteiger partial charge in [-0.2, -0.15) is 0 Å². The molecule has 34 heavy (non-hydrogen) atoms. The number of hydrogen-bond acceptors (Lipinski definition) is 5. The van der Waals surface area contributed by atoms with Crippen molar-refractivity contribution in [2.45, 2.75) is 18.9 Å². The normalized spacial score (nSPS) is 19.7. The molecule has 1 amide bonds. The molecule has 3 aromatic carbocycles. The highest BCUT2D eigenvalue weighted by atomic mass is 79.9. The lowest BCUT2D eigenvalue weighted by molar-refractivity contribution is -0.132. The highest BCUT2D eigenvalue weighted by Gasteiger charge is 2.47. The number of Topliss-reactive ketones (excluding diaryl/α,β-unsaturated/α-hetero) is 1. The van der Waals surface area contributed by atoms with E-state index in [-0.39, 0.29) is 17.1 Å². The molecule has 7 heteroatoms. The molecule has 0 radical (unpaired) electrons. The van der Waals surface area contributed by atoms with Crippen LogP contribution >= 0.6 is 15.9 Å². The number of halogens is 1. The van der Waals surface area contributed by atoms with Crippen molar-refractivity contribution in [3.8, 4) is 5.75 Å². The zero-order valence-corrected chi connectivity index (χ0v) is 19.9. The maximum Gasteiger partial charge on any atom is 0.300 e. The van der Waals surface area contributed by atoms with Crippen LogP contribution in [0.5, 0.6) is 5.75 Å². The van der Waals surface area contributed by atoms with Gasteiger partial charge in [-0.1, -0.05) is 40.2 Å². The number of carbonyl (C=O) groups is 2. The van der Waals surface area contributed by atoms with Gasteiger partial charge in [-0.15, -0.1) is 0 Å². The molecule has 2 saturated heterocycles. The van der Waals surface area contributed by atoms with E-state index in [1.54, 1.807) is 36.4 Å². The fourth-order valence-corrected chi connectivity index (χ4v) is 4.90. The standard InChI is InChI=1S/C27H23BrN2O4/c28-19-7-3-18(4-8-19)25(32)23-24(17-5-13-22(31)14-6-17)30(27(34)26(23)33)21-11-9-20(10-12-21)29-15-1-2-16-29/h3-14,24,31-32H,1-2,15-16H2/b25-23+. The first kappa shape index (κ1) is 22.2. The van der Waals surface area contributed by atoms with Crippen LogP contribution in [0.25, 0.3) is 5.76 Å². The predicted octanol–water partition coefficient (Wildman–Crippen LogP) is 5.38. The Balaban J connectivity index is 1.62. The number of aliphatic hydroxyl groups is 1. The lowest BCUT2D eigenvalue weighted by Crippen LogP contribution is -2.29. The highest BCUT2D eigenvalue weighted by molar-refractivity contribution is 9.10. The van der Waals surface area contributed by atoms with Crippen molar-refractivity contribution in [2.75, 3.05) is 22.9 Å². The second-order valence-electron chi connectivity index (χ2n) is 8.48. The molecule has 2 heterocycles. The monoisotopic (exact) mass is 518 g/mol. The molecule has 5 rings (SSSR count). The van der Waals surface area contributed by atoms with Crippen LogP contribution in [0.2, 0.25) is 0 Å². The van der Waals surface area contributed by atoms with Crippen LogP contribution in [0.15, 0.2) is 82.8 Å². The van der Waals surface area contributed by atoms with Crippen LogP contribution in [0, 0.1) is 0 Å². The molecule has 2 aliphatic rings. The smallest absolute Gasteiger partial charge is 0.300 e. The van der Waals surface area contributed by atoms with E-state index in [0.29, 0.717) is 16.8 Å². The Bertz CT molecular complexity index is 1260. The molecule has 0 saturated carbocycles. The Hall–Kier alpha value is -3.58. The first-order valence-corrected chi connectivity index (χ1v) is 11.9. The Kier molecular flexibility index (Phi) is 5.87. The highest BCUT2D eigenvalue weighted by Crippen LogP contribution is 2.43. The van der Waals surface area contributed by atoms with Gasteiger partial charge in [0.05, 0.1) is 11.6 Å².